The number of carbonyl (C=O) groups excluding carboxylic acids is 1. The second kappa shape index (κ2) is 5.61. The van der Waals surface area contributed by atoms with E-state index in [4.69, 9.17) is 5.26 Å². The summed E-state index contributed by atoms with van der Waals surface area (Å²) < 4.78 is 1.85. The molecule has 0 aliphatic carbocycles. The van der Waals surface area contributed by atoms with Crippen molar-refractivity contribution in [1.82, 2.24) is 9.47 Å². The SMILES string of the molecule is N#Cc1ccc(-n2ccsc2=NC(=O)N2CCCC2)s1. The van der Waals surface area contributed by atoms with Crippen molar-refractivity contribution in [2.45, 2.75) is 12.8 Å². The van der Waals surface area contributed by atoms with Gasteiger partial charge in [-0.25, -0.2) is 4.79 Å². The molecule has 20 heavy (non-hydrogen) atoms. The molecule has 3 rings (SSSR count). The number of hydrogen-bond acceptors (Lipinski definition) is 4. The topological polar surface area (TPSA) is 61.4 Å². The largest absolute Gasteiger partial charge is 0.346 e. The number of likely N-dealkylation sites (tertiary alicyclic amines) is 1. The van der Waals surface area contributed by atoms with Gasteiger partial charge in [-0.3, -0.25) is 4.57 Å². The highest BCUT2D eigenvalue weighted by molar-refractivity contribution is 7.15. The molecule has 1 saturated heterocycles. The van der Waals surface area contributed by atoms with E-state index in [1.54, 1.807) is 11.0 Å². The van der Waals surface area contributed by atoms with Gasteiger partial charge >= 0.3 is 6.03 Å². The average Bonchev–Trinajstić information content (AvgIpc) is 3.19. The Morgan fingerprint density at radius 3 is 2.85 bits per heavy atom. The van der Waals surface area contributed by atoms with E-state index in [1.165, 1.54) is 22.7 Å². The number of nitrogens with zero attached hydrogens (tertiary/aromatic N) is 4. The van der Waals surface area contributed by atoms with E-state index in [2.05, 4.69) is 11.1 Å². The summed E-state index contributed by atoms with van der Waals surface area (Å²) in [7, 11) is 0. The van der Waals surface area contributed by atoms with E-state index >= 15 is 0 Å². The minimum absolute atomic E-state index is 0.171. The molecule has 0 saturated carbocycles. The van der Waals surface area contributed by atoms with Crippen LogP contribution in [0.3, 0.4) is 0 Å². The number of thiophene rings is 1. The lowest BCUT2D eigenvalue weighted by Gasteiger charge is -2.10. The number of nitriles is 1. The fourth-order valence-electron chi connectivity index (χ4n) is 2.10. The van der Waals surface area contributed by atoms with E-state index in [1.807, 2.05) is 22.2 Å². The smallest absolute Gasteiger partial charge is 0.323 e. The van der Waals surface area contributed by atoms with Gasteiger partial charge in [-0.05, 0) is 25.0 Å². The molecule has 3 heterocycles. The predicted molar refractivity (Wildman–Crippen MR) is 78.0 cm³/mol. The van der Waals surface area contributed by atoms with Crippen LogP contribution in [0.4, 0.5) is 4.79 Å². The second-order valence-electron chi connectivity index (χ2n) is 4.39. The second-order valence-corrected chi connectivity index (χ2v) is 6.33. The maximum atomic E-state index is 12.1. The van der Waals surface area contributed by atoms with Crippen LogP contribution in [0, 0.1) is 11.3 Å². The van der Waals surface area contributed by atoms with E-state index in [0.29, 0.717) is 9.68 Å². The summed E-state index contributed by atoms with van der Waals surface area (Å²) in [5.74, 6) is 0. The zero-order valence-corrected chi connectivity index (χ0v) is 12.3. The lowest BCUT2D eigenvalue weighted by Crippen LogP contribution is -2.27. The van der Waals surface area contributed by atoms with Crippen molar-refractivity contribution in [2.75, 3.05) is 13.1 Å². The van der Waals surface area contributed by atoms with E-state index < -0.39 is 0 Å². The molecule has 0 aromatic carbocycles. The minimum atomic E-state index is -0.171. The summed E-state index contributed by atoms with van der Waals surface area (Å²) in [6, 6.07) is 5.59. The molecule has 2 aromatic rings. The van der Waals surface area contributed by atoms with Gasteiger partial charge in [0.1, 0.15) is 15.9 Å². The van der Waals surface area contributed by atoms with Gasteiger partial charge in [0.15, 0.2) is 4.80 Å². The Labute approximate surface area is 124 Å². The number of carbonyl (C=O) groups is 1. The van der Waals surface area contributed by atoms with Gasteiger partial charge in [-0.15, -0.1) is 22.7 Å². The molecule has 0 atom stereocenters. The minimum Gasteiger partial charge on any atom is -0.323 e. The van der Waals surface area contributed by atoms with Crippen molar-refractivity contribution in [2.24, 2.45) is 4.99 Å². The summed E-state index contributed by atoms with van der Waals surface area (Å²) in [6.07, 6.45) is 3.98. The first-order chi connectivity index (χ1) is 9.78. The Kier molecular flexibility index (Phi) is 3.67. The molecule has 102 valence electrons. The van der Waals surface area contributed by atoms with Crippen molar-refractivity contribution >= 4 is 28.7 Å². The monoisotopic (exact) mass is 304 g/mol. The zero-order valence-electron chi connectivity index (χ0n) is 10.7. The molecule has 0 radical (unpaired) electrons. The lowest BCUT2D eigenvalue weighted by molar-refractivity contribution is 0.218. The summed E-state index contributed by atoms with van der Waals surface area (Å²) in [5, 5.41) is 11.7. The Morgan fingerprint density at radius 2 is 2.15 bits per heavy atom. The predicted octanol–water partition coefficient (Wildman–Crippen LogP) is 2.59. The third-order valence-electron chi connectivity index (χ3n) is 3.10. The average molecular weight is 304 g/mol. The van der Waals surface area contributed by atoms with Crippen LogP contribution in [0.15, 0.2) is 28.7 Å². The molecule has 7 heteroatoms. The summed E-state index contributed by atoms with van der Waals surface area (Å²) in [5.41, 5.74) is 0. The van der Waals surface area contributed by atoms with Crippen molar-refractivity contribution in [3.05, 3.63) is 33.4 Å². The zero-order chi connectivity index (χ0) is 13.9. The van der Waals surface area contributed by atoms with Gasteiger partial charge in [-0.1, -0.05) is 0 Å². The molecule has 1 aliphatic heterocycles. The van der Waals surface area contributed by atoms with Crippen molar-refractivity contribution in [3.63, 3.8) is 0 Å². The van der Waals surface area contributed by atoms with Crippen molar-refractivity contribution in [1.29, 1.82) is 5.26 Å². The summed E-state index contributed by atoms with van der Waals surface area (Å²) >= 11 is 2.81. The highest BCUT2D eigenvalue weighted by atomic mass is 32.1. The number of amides is 2. The van der Waals surface area contributed by atoms with Gasteiger partial charge < -0.3 is 4.90 Å². The molecule has 2 aromatic heterocycles. The summed E-state index contributed by atoms with van der Waals surface area (Å²) in [4.78, 5) is 19.3. The Bertz CT molecular complexity index is 728. The molecule has 1 aliphatic rings. The first-order valence-electron chi connectivity index (χ1n) is 6.28. The van der Waals surface area contributed by atoms with Gasteiger partial charge in [-0.2, -0.15) is 10.3 Å². The first kappa shape index (κ1) is 13.1. The van der Waals surface area contributed by atoms with Gasteiger partial charge in [0.25, 0.3) is 0 Å². The van der Waals surface area contributed by atoms with E-state index in [0.717, 1.165) is 30.9 Å². The normalized spacial score (nSPS) is 15.6. The molecule has 5 nitrogen and oxygen atoms in total. The van der Waals surface area contributed by atoms with Crippen LogP contribution in [-0.4, -0.2) is 28.6 Å². The Hall–Kier alpha value is -1.91. The molecule has 1 fully saturated rings. The maximum absolute atomic E-state index is 12.1. The van der Waals surface area contributed by atoms with Crippen LogP contribution in [-0.2, 0) is 0 Å². The lowest BCUT2D eigenvalue weighted by atomic mass is 10.4. The maximum Gasteiger partial charge on any atom is 0.346 e. The van der Waals surface area contributed by atoms with Crippen LogP contribution >= 0.6 is 22.7 Å². The van der Waals surface area contributed by atoms with Crippen LogP contribution in [0.1, 0.15) is 17.7 Å². The number of urea groups is 1. The fourth-order valence-corrected chi connectivity index (χ4v) is 3.65. The van der Waals surface area contributed by atoms with Crippen LogP contribution in [0.25, 0.3) is 5.00 Å². The van der Waals surface area contributed by atoms with E-state index in [-0.39, 0.29) is 6.03 Å². The Morgan fingerprint density at radius 1 is 1.35 bits per heavy atom. The standard InChI is InChI=1S/C13H12N4OS2/c14-9-10-3-4-11(20-10)17-7-8-19-13(17)15-12(18)16-5-1-2-6-16/h3-4,7-8H,1-2,5-6H2. The number of aromatic nitrogens is 1. The highest BCUT2D eigenvalue weighted by Crippen LogP contribution is 2.19. The third-order valence-corrected chi connectivity index (χ3v) is 4.84. The summed E-state index contributed by atoms with van der Waals surface area (Å²) in [6.45, 7) is 1.59. The first-order valence-corrected chi connectivity index (χ1v) is 7.97. The molecular weight excluding hydrogens is 292 g/mol. The van der Waals surface area contributed by atoms with Gasteiger partial charge in [0.2, 0.25) is 0 Å². The van der Waals surface area contributed by atoms with Crippen molar-refractivity contribution in [3.8, 4) is 11.1 Å². The van der Waals surface area contributed by atoms with Crippen molar-refractivity contribution < 1.29 is 4.79 Å². The van der Waals surface area contributed by atoms with Gasteiger partial charge in [0, 0.05) is 24.7 Å². The van der Waals surface area contributed by atoms with Gasteiger partial charge in [0.05, 0.1) is 0 Å². The molecule has 0 N–H and O–H groups in total. The van der Waals surface area contributed by atoms with Crippen LogP contribution in [0.5, 0.6) is 0 Å². The third kappa shape index (κ3) is 2.53. The van der Waals surface area contributed by atoms with Crippen LogP contribution < -0.4 is 4.80 Å². The number of rotatable bonds is 1. The van der Waals surface area contributed by atoms with E-state index in [9.17, 15) is 4.79 Å². The number of hydrogen-bond donors (Lipinski definition) is 0. The quantitative estimate of drug-likeness (QED) is 0.813. The molecular formula is C13H12N4OS2. The molecule has 0 unspecified atom stereocenters. The Balaban J connectivity index is 1.93. The molecule has 0 spiro atoms. The fraction of sp³-hybridized carbons (Fsp3) is 0.308. The molecule has 2 amide bonds. The highest BCUT2D eigenvalue weighted by Gasteiger charge is 2.17. The molecule has 0 bridgehead atoms. The number of thiazole rings is 1. The van der Waals surface area contributed by atoms with Crippen LogP contribution in [0.2, 0.25) is 0 Å².